The Kier molecular flexibility index (Phi) is 4.10. The molecule has 0 fully saturated rings. The zero-order valence-electron chi connectivity index (χ0n) is 13.3. The first-order chi connectivity index (χ1) is 10.7. The summed E-state index contributed by atoms with van der Waals surface area (Å²) in [4.78, 5) is 4.81. The van der Waals surface area contributed by atoms with E-state index in [1.54, 1.807) is 7.11 Å². The molecule has 1 heterocycles. The van der Waals surface area contributed by atoms with Gasteiger partial charge in [0.2, 0.25) is 0 Å². The minimum atomic E-state index is 0.397. The van der Waals surface area contributed by atoms with E-state index in [1.165, 1.54) is 16.7 Å². The van der Waals surface area contributed by atoms with Crippen LogP contribution in [0.2, 0.25) is 0 Å². The van der Waals surface area contributed by atoms with Crippen molar-refractivity contribution in [1.82, 2.24) is 0 Å². The number of hydrogen-bond acceptors (Lipinski definition) is 2. The molecular formula is C20H21NO. The van der Waals surface area contributed by atoms with Gasteiger partial charge >= 0.3 is 0 Å². The molecule has 0 N–H and O–H groups in total. The summed E-state index contributed by atoms with van der Waals surface area (Å²) in [5.41, 5.74) is 5.73. The van der Waals surface area contributed by atoms with E-state index in [9.17, 15) is 0 Å². The van der Waals surface area contributed by atoms with Crippen molar-refractivity contribution in [2.75, 3.05) is 7.11 Å². The fourth-order valence-corrected chi connectivity index (χ4v) is 3.01. The normalized spacial score (nSPS) is 21.0. The number of nitrogens with zero attached hydrogens (tertiary/aromatic N) is 1. The molecule has 0 saturated heterocycles. The van der Waals surface area contributed by atoms with Gasteiger partial charge in [-0.05, 0) is 48.1 Å². The highest BCUT2D eigenvalue weighted by Crippen LogP contribution is 2.44. The SMILES string of the molecule is COc1ccc(-c2ccccc2)c2c1/N=C(C)\C=C\CC2C. The summed E-state index contributed by atoms with van der Waals surface area (Å²) in [5, 5.41) is 0. The Morgan fingerprint density at radius 1 is 1.09 bits per heavy atom. The third-order valence-corrected chi connectivity index (χ3v) is 4.11. The Bertz CT molecular complexity index is 729. The highest BCUT2D eigenvalue weighted by atomic mass is 16.5. The van der Waals surface area contributed by atoms with Crippen molar-refractivity contribution in [2.45, 2.75) is 26.2 Å². The van der Waals surface area contributed by atoms with Gasteiger partial charge < -0.3 is 4.74 Å². The maximum atomic E-state index is 5.57. The summed E-state index contributed by atoms with van der Waals surface area (Å²) in [7, 11) is 1.71. The molecule has 0 aliphatic carbocycles. The summed E-state index contributed by atoms with van der Waals surface area (Å²) >= 11 is 0. The molecule has 1 unspecified atom stereocenters. The lowest BCUT2D eigenvalue weighted by Gasteiger charge is -2.21. The van der Waals surface area contributed by atoms with Crippen LogP contribution in [0.1, 0.15) is 31.7 Å². The van der Waals surface area contributed by atoms with E-state index in [1.807, 2.05) is 19.1 Å². The highest BCUT2D eigenvalue weighted by molar-refractivity contribution is 5.96. The van der Waals surface area contributed by atoms with E-state index in [4.69, 9.17) is 9.73 Å². The number of rotatable bonds is 2. The van der Waals surface area contributed by atoms with E-state index >= 15 is 0 Å². The van der Waals surface area contributed by atoms with Crippen LogP contribution in [0, 0.1) is 0 Å². The van der Waals surface area contributed by atoms with Crippen LogP contribution in [0.25, 0.3) is 11.1 Å². The van der Waals surface area contributed by atoms with Gasteiger partial charge in [-0.2, -0.15) is 0 Å². The van der Waals surface area contributed by atoms with Crippen LogP contribution >= 0.6 is 0 Å². The predicted molar refractivity (Wildman–Crippen MR) is 93.4 cm³/mol. The molecule has 0 amide bonds. The van der Waals surface area contributed by atoms with E-state index in [-0.39, 0.29) is 0 Å². The fourth-order valence-electron chi connectivity index (χ4n) is 3.01. The lowest BCUT2D eigenvalue weighted by atomic mass is 9.87. The maximum Gasteiger partial charge on any atom is 0.144 e. The number of ether oxygens (including phenoxy) is 1. The van der Waals surface area contributed by atoms with E-state index in [0.717, 1.165) is 23.6 Å². The number of hydrogen-bond donors (Lipinski definition) is 0. The van der Waals surface area contributed by atoms with E-state index in [0.29, 0.717) is 5.92 Å². The Hall–Kier alpha value is -2.35. The van der Waals surface area contributed by atoms with Gasteiger partial charge in [0.15, 0.2) is 0 Å². The molecule has 1 aliphatic rings. The molecule has 0 radical (unpaired) electrons. The van der Waals surface area contributed by atoms with Gasteiger partial charge in [0.05, 0.1) is 7.11 Å². The second-order valence-electron chi connectivity index (χ2n) is 5.74. The van der Waals surface area contributed by atoms with Crippen LogP contribution in [-0.2, 0) is 0 Å². The topological polar surface area (TPSA) is 21.6 Å². The number of benzene rings is 2. The number of methoxy groups -OCH3 is 1. The van der Waals surface area contributed by atoms with Gasteiger partial charge in [-0.15, -0.1) is 0 Å². The summed E-state index contributed by atoms with van der Waals surface area (Å²) < 4.78 is 5.57. The summed E-state index contributed by atoms with van der Waals surface area (Å²) in [6.07, 6.45) is 5.31. The average molecular weight is 291 g/mol. The molecule has 0 bridgehead atoms. The van der Waals surface area contributed by atoms with E-state index in [2.05, 4.69) is 49.4 Å². The average Bonchev–Trinajstić information content (AvgIpc) is 2.53. The maximum absolute atomic E-state index is 5.57. The Morgan fingerprint density at radius 3 is 2.59 bits per heavy atom. The monoisotopic (exact) mass is 291 g/mol. The van der Waals surface area contributed by atoms with Crippen molar-refractivity contribution >= 4 is 11.4 Å². The molecule has 2 aromatic carbocycles. The molecule has 2 nitrogen and oxygen atoms in total. The lowest BCUT2D eigenvalue weighted by Crippen LogP contribution is -2.02. The minimum Gasteiger partial charge on any atom is -0.494 e. The van der Waals surface area contributed by atoms with Crippen molar-refractivity contribution < 1.29 is 4.74 Å². The summed E-state index contributed by atoms with van der Waals surface area (Å²) in [6, 6.07) is 14.7. The first kappa shape index (κ1) is 14.6. The smallest absolute Gasteiger partial charge is 0.144 e. The third kappa shape index (κ3) is 2.69. The Labute approximate surface area is 132 Å². The van der Waals surface area contributed by atoms with Crippen molar-refractivity contribution in [3.05, 3.63) is 60.2 Å². The number of fused-ring (bicyclic) bond motifs is 1. The van der Waals surface area contributed by atoms with Crippen LogP contribution in [0.5, 0.6) is 5.75 Å². The molecule has 22 heavy (non-hydrogen) atoms. The van der Waals surface area contributed by atoms with Gasteiger partial charge in [-0.1, -0.05) is 49.4 Å². The fraction of sp³-hybridized carbons (Fsp3) is 0.250. The zero-order chi connectivity index (χ0) is 15.5. The van der Waals surface area contributed by atoms with Crippen molar-refractivity contribution in [3.63, 3.8) is 0 Å². The standard InChI is InChI=1S/C20H21NO/c1-14-8-7-9-15(2)21-20-18(22-3)13-12-17(19(14)20)16-10-5-4-6-11-16/h4-7,9-14H,8H2,1-3H3/b9-7+,21-15-. The minimum absolute atomic E-state index is 0.397. The lowest BCUT2D eigenvalue weighted by molar-refractivity contribution is 0.415. The van der Waals surface area contributed by atoms with E-state index < -0.39 is 0 Å². The number of allylic oxidation sites excluding steroid dienone is 2. The van der Waals surface area contributed by atoms with Crippen LogP contribution in [0.4, 0.5) is 5.69 Å². The molecule has 1 atom stereocenters. The first-order valence-electron chi connectivity index (χ1n) is 7.69. The second-order valence-corrected chi connectivity index (χ2v) is 5.74. The molecule has 1 aliphatic heterocycles. The van der Waals surface area contributed by atoms with Crippen molar-refractivity contribution in [3.8, 4) is 16.9 Å². The molecule has 2 aromatic rings. The van der Waals surface area contributed by atoms with Gasteiger partial charge in [0.25, 0.3) is 0 Å². The second kappa shape index (κ2) is 6.18. The van der Waals surface area contributed by atoms with Gasteiger partial charge in [0, 0.05) is 5.71 Å². The van der Waals surface area contributed by atoms with Gasteiger partial charge in [-0.3, -0.25) is 0 Å². The predicted octanol–water partition coefficient (Wildman–Crippen LogP) is 5.52. The Balaban J connectivity index is 2.30. The summed E-state index contributed by atoms with van der Waals surface area (Å²) in [6.45, 7) is 4.29. The van der Waals surface area contributed by atoms with Crippen LogP contribution in [0.3, 0.4) is 0 Å². The van der Waals surface area contributed by atoms with Crippen molar-refractivity contribution in [2.24, 2.45) is 4.99 Å². The van der Waals surface area contributed by atoms with Gasteiger partial charge in [-0.25, -0.2) is 4.99 Å². The highest BCUT2D eigenvalue weighted by Gasteiger charge is 2.20. The Morgan fingerprint density at radius 2 is 1.86 bits per heavy atom. The quantitative estimate of drug-likeness (QED) is 0.714. The van der Waals surface area contributed by atoms with Crippen LogP contribution in [-0.4, -0.2) is 12.8 Å². The molecular weight excluding hydrogens is 270 g/mol. The molecule has 0 saturated carbocycles. The molecule has 3 rings (SSSR count). The molecule has 0 aromatic heterocycles. The zero-order valence-corrected chi connectivity index (χ0v) is 13.3. The molecule has 0 spiro atoms. The third-order valence-electron chi connectivity index (χ3n) is 4.11. The van der Waals surface area contributed by atoms with Crippen LogP contribution in [0.15, 0.2) is 59.6 Å². The molecule has 2 heteroatoms. The summed E-state index contributed by atoms with van der Waals surface area (Å²) in [5.74, 6) is 1.24. The van der Waals surface area contributed by atoms with Crippen molar-refractivity contribution in [1.29, 1.82) is 0 Å². The first-order valence-corrected chi connectivity index (χ1v) is 7.69. The molecule has 112 valence electrons. The van der Waals surface area contributed by atoms with Gasteiger partial charge in [0.1, 0.15) is 11.4 Å². The largest absolute Gasteiger partial charge is 0.494 e. The number of aliphatic imine (C=N–C) groups is 1. The van der Waals surface area contributed by atoms with Crippen LogP contribution < -0.4 is 4.74 Å².